The van der Waals surface area contributed by atoms with Crippen molar-refractivity contribution in [2.75, 3.05) is 19.5 Å². The van der Waals surface area contributed by atoms with Crippen LogP contribution in [0.3, 0.4) is 0 Å². The molecule has 0 radical (unpaired) electrons. The van der Waals surface area contributed by atoms with E-state index in [0.29, 0.717) is 18.7 Å². The Hall–Kier alpha value is -1.97. The highest BCUT2D eigenvalue weighted by Gasteiger charge is 2.29. The molecule has 1 aromatic carbocycles. The van der Waals surface area contributed by atoms with Crippen LogP contribution in [-0.2, 0) is 14.8 Å². The Morgan fingerprint density at radius 1 is 1.46 bits per heavy atom. The van der Waals surface area contributed by atoms with Gasteiger partial charge in [0.25, 0.3) is 0 Å². The van der Waals surface area contributed by atoms with Gasteiger partial charge in [-0.1, -0.05) is 0 Å². The summed E-state index contributed by atoms with van der Waals surface area (Å²) in [4.78, 5) is 0. The number of rotatable bonds is 6. The van der Waals surface area contributed by atoms with Gasteiger partial charge in [-0.15, -0.1) is 0 Å². The molecule has 0 bridgehead atoms. The maximum Gasteiger partial charge on any atom is 0.209 e. The third-order valence-corrected chi connectivity index (χ3v) is 4.83. The first-order valence-corrected chi connectivity index (χ1v) is 10.2. The van der Waals surface area contributed by atoms with Crippen molar-refractivity contribution >= 4 is 10.0 Å². The van der Waals surface area contributed by atoms with Gasteiger partial charge < -0.3 is 9.47 Å². The Bertz CT molecular complexity index is 869. The number of sulfonamides is 1. The summed E-state index contributed by atoms with van der Waals surface area (Å²) in [7, 11) is -3.35. The van der Waals surface area contributed by atoms with Gasteiger partial charge in [0.15, 0.2) is 11.6 Å². The van der Waals surface area contributed by atoms with Crippen molar-refractivity contribution in [2.45, 2.75) is 31.9 Å². The van der Waals surface area contributed by atoms with Crippen LogP contribution in [0.5, 0.6) is 5.75 Å². The smallest absolute Gasteiger partial charge is 0.209 e. The highest BCUT2D eigenvalue weighted by atomic mass is 32.2. The molecule has 1 N–H and O–H groups in total. The fourth-order valence-corrected chi connectivity index (χ4v) is 3.71. The Kier molecular flexibility index (Phi) is 5.59. The average molecular weight is 383 g/mol. The molecule has 3 rings (SSSR count). The molecule has 2 atom stereocenters. The van der Waals surface area contributed by atoms with Crippen LogP contribution in [0, 0.1) is 12.7 Å². The van der Waals surface area contributed by atoms with Crippen LogP contribution >= 0.6 is 0 Å². The number of aryl methyl sites for hydroxylation is 1. The first-order chi connectivity index (χ1) is 12.3. The molecule has 2 unspecified atom stereocenters. The van der Waals surface area contributed by atoms with Crippen molar-refractivity contribution in [3.05, 3.63) is 42.0 Å². The summed E-state index contributed by atoms with van der Waals surface area (Å²) in [6.07, 6.45) is 5.54. The zero-order valence-corrected chi connectivity index (χ0v) is 15.5. The third-order valence-electron chi connectivity index (χ3n) is 4.10. The lowest BCUT2D eigenvalue weighted by Gasteiger charge is -2.31. The summed E-state index contributed by atoms with van der Waals surface area (Å²) in [5.41, 5.74) is 1.57. The predicted octanol–water partition coefficient (Wildman–Crippen LogP) is 1.80. The molecule has 0 spiro atoms. The minimum atomic E-state index is -3.35. The van der Waals surface area contributed by atoms with E-state index >= 15 is 0 Å². The minimum absolute atomic E-state index is 0.0599. The second-order valence-corrected chi connectivity index (χ2v) is 8.22. The normalized spacial score (nSPS) is 20.9. The largest absolute Gasteiger partial charge is 0.488 e. The Balaban J connectivity index is 1.66. The lowest BCUT2D eigenvalue weighted by Crippen LogP contribution is -2.49. The first kappa shape index (κ1) is 18.8. The number of halogens is 1. The minimum Gasteiger partial charge on any atom is -0.488 e. The molecule has 1 fully saturated rings. The van der Waals surface area contributed by atoms with E-state index in [2.05, 4.69) is 9.82 Å². The molecule has 2 aromatic rings. The molecular weight excluding hydrogens is 361 g/mol. The molecular formula is C17H22FN3O4S. The summed E-state index contributed by atoms with van der Waals surface area (Å²) < 4.78 is 52.6. The molecule has 142 valence electrons. The number of benzene rings is 1. The van der Waals surface area contributed by atoms with E-state index in [-0.39, 0.29) is 18.4 Å². The molecule has 1 saturated heterocycles. The van der Waals surface area contributed by atoms with Crippen molar-refractivity contribution in [2.24, 2.45) is 0 Å². The van der Waals surface area contributed by atoms with Crippen LogP contribution < -0.4 is 9.46 Å². The van der Waals surface area contributed by atoms with Crippen LogP contribution in [0.4, 0.5) is 4.39 Å². The van der Waals surface area contributed by atoms with Crippen LogP contribution in [0.2, 0.25) is 0 Å². The summed E-state index contributed by atoms with van der Waals surface area (Å²) >= 11 is 0. The first-order valence-electron chi connectivity index (χ1n) is 8.35. The Labute approximate surface area is 152 Å². The zero-order valence-electron chi connectivity index (χ0n) is 14.7. The zero-order chi connectivity index (χ0) is 18.7. The van der Waals surface area contributed by atoms with Crippen LogP contribution in [0.25, 0.3) is 5.69 Å². The number of hydrogen-bond donors (Lipinski definition) is 1. The number of nitrogens with zero attached hydrogens (tertiary/aromatic N) is 2. The van der Waals surface area contributed by atoms with Crippen molar-refractivity contribution in [1.29, 1.82) is 0 Å². The van der Waals surface area contributed by atoms with Crippen molar-refractivity contribution in [1.82, 2.24) is 14.5 Å². The number of aromatic nitrogens is 2. The monoisotopic (exact) mass is 383 g/mol. The van der Waals surface area contributed by atoms with E-state index in [1.54, 1.807) is 23.1 Å². The molecule has 1 aliphatic rings. The molecule has 1 aromatic heterocycles. The van der Waals surface area contributed by atoms with Gasteiger partial charge in [0.05, 0.1) is 24.2 Å². The second-order valence-electron chi connectivity index (χ2n) is 6.44. The number of hydrogen-bond acceptors (Lipinski definition) is 5. The van der Waals surface area contributed by atoms with Crippen LogP contribution in [-0.4, -0.2) is 49.8 Å². The highest BCUT2D eigenvalue weighted by Crippen LogP contribution is 2.22. The predicted molar refractivity (Wildman–Crippen MR) is 94.5 cm³/mol. The molecule has 7 nitrogen and oxygen atoms in total. The lowest BCUT2D eigenvalue weighted by atomic mass is 10.0. The van der Waals surface area contributed by atoms with Gasteiger partial charge in [-0.25, -0.2) is 22.2 Å². The Morgan fingerprint density at radius 2 is 2.27 bits per heavy atom. The second kappa shape index (κ2) is 7.73. The molecule has 2 heterocycles. The van der Waals surface area contributed by atoms with Crippen LogP contribution in [0.1, 0.15) is 18.4 Å². The van der Waals surface area contributed by atoms with E-state index in [4.69, 9.17) is 9.47 Å². The molecule has 26 heavy (non-hydrogen) atoms. The Morgan fingerprint density at radius 3 is 2.92 bits per heavy atom. The average Bonchev–Trinajstić information content (AvgIpc) is 3.00. The highest BCUT2D eigenvalue weighted by molar-refractivity contribution is 7.88. The number of nitrogens with one attached hydrogen (secondary N) is 1. The molecule has 1 aliphatic heterocycles. The van der Waals surface area contributed by atoms with E-state index < -0.39 is 21.9 Å². The van der Waals surface area contributed by atoms with Crippen molar-refractivity contribution in [3.8, 4) is 11.4 Å². The molecule has 0 amide bonds. The SMILES string of the molecule is Cc1cnn(-c2ccc(OCC3OCCCC3NS(C)(=O)=O)c(F)c2)c1. The van der Waals surface area contributed by atoms with E-state index in [9.17, 15) is 12.8 Å². The van der Waals surface area contributed by atoms with Crippen molar-refractivity contribution in [3.63, 3.8) is 0 Å². The van der Waals surface area contributed by atoms with Gasteiger partial charge >= 0.3 is 0 Å². The molecule has 0 saturated carbocycles. The van der Waals surface area contributed by atoms with E-state index in [1.807, 2.05) is 6.92 Å². The lowest BCUT2D eigenvalue weighted by molar-refractivity contribution is -0.0284. The van der Waals surface area contributed by atoms with E-state index in [0.717, 1.165) is 18.2 Å². The number of ether oxygens (including phenoxy) is 2. The maximum atomic E-state index is 14.3. The molecule has 9 heteroatoms. The quantitative estimate of drug-likeness (QED) is 0.822. The van der Waals surface area contributed by atoms with Gasteiger partial charge in [-0.3, -0.25) is 0 Å². The maximum absolute atomic E-state index is 14.3. The summed E-state index contributed by atoms with van der Waals surface area (Å²) in [6.45, 7) is 2.49. The third kappa shape index (κ3) is 4.80. The van der Waals surface area contributed by atoms with Crippen molar-refractivity contribution < 1.29 is 22.3 Å². The molecule has 0 aliphatic carbocycles. The topological polar surface area (TPSA) is 82.4 Å². The fraction of sp³-hybridized carbons (Fsp3) is 0.471. The standard InChI is InChI=1S/C17H22FN3O4S/c1-12-9-19-21(10-12)13-5-6-16(14(18)8-13)25-11-17-15(4-3-7-24-17)20-26(2,22)23/h5-6,8-10,15,17,20H,3-4,7,11H2,1-2H3. The van der Waals surface area contributed by atoms with Gasteiger partial charge in [0.1, 0.15) is 12.7 Å². The van der Waals surface area contributed by atoms with Gasteiger partial charge in [0.2, 0.25) is 10.0 Å². The van der Waals surface area contributed by atoms with Gasteiger partial charge in [0, 0.05) is 18.9 Å². The fourth-order valence-electron chi connectivity index (χ4n) is 2.89. The summed E-state index contributed by atoms with van der Waals surface area (Å²) in [5.74, 6) is -0.427. The summed E-state index contributed by atoms with van der Waals surface area (Å²) in [6, 6.07) is 4.20. The van der Waals surface area contributed by atoms with Gasteiger partial charge in [-0.05, 0) is 37.5 Å². The van der Waals surface area contributed by atoms with Crippen LogP contribution in [0.15, 0.2) is 30.6 Å². The van der Waals surface area contributed by atoms with E-state index in [1.165, 1.54) is 12.1 Å². The van der Waals surface area contributed by atoms with Gasteiger partial charge in [-0.2, -0.15) is 5.10 Å². The summed E-state index contributed by atoms with van der Waals surface area (Å²) in [5, 5.41) is 4.14.